The van der Waals surface area contributed by atoms with Crippen LogP contribution in [-0.2, 0) is 0 Å². The lowest BCUT2D eigenvalue weighted by Gasteiger charge is -1.87. The van der Waals surface area contributed by atoms with Crippen LogP contribution < -0.4 is 4.78 Å². The maximum Gasteiger partial charge on any atom is 0.499 e. The smallest absolute Gasteiger partial charge is 0.423 e. The highest BCUT2D eigenvalue weighted by atomic mass is 32.1. The first-order valence-corrected chi connectivity index (χ1v) is 4.03. The van der Waals surface area contributed by atoms with E-state index in [0.717, 1.165) is 11.3 Å². The van der Waals surface area contributed by atoms with Gasteiger partial charge in [-0.05, 0) is 17.5 Å². The summed E-state index contributed by atoms with van der Waals surface area (Å²) >= 11 is 0.797. The summed E-state index contributed by atoms with van der Waals surface area (Å²) in [6.45, 7) is 0. The third-order valence-corrected chi connectivity index (χ3v) is 2.39. The minimum Gasteiger partial charge on any atom is -0.423 e. The van der Waals surface area contributed by atoms with Gasteiger partial charge in [-0.15, -0.1) is 11.3 Å². The molecule has 12 heavy (non-hydrogen) atoms. The van der Waals surface area contributed by atoms with Crippen molar-refractivity contribution in [3.8, 4) is 0 Å². The highest BCUT2D eigenvalue weighted by Gasteiger charge is 2.13. The Morgan fingerprint density at radius 3 is 2.83 bits per heavy atom. The van der Waals surface area contributed by atoms with Crippen molar-refractivity contribution < 1.29 is 16.9 Å². The summed E-state index contributed by atoms with van der Waals surface area (Å²) in [6, 6.07) is -1.65. The quantitative estimate of drug-likeness (QED) is 0.635. The zero-order valence-corrected chi connectivity index (χ0v) is 6.70. The van der Waals surface area contributed by atoms with Crippen molar-refractivity contribution in [1.29, 1.82) is 0 Å². The van der Waals surface area contributed by atoms with Gasteiger partial charge in [0.25, 0.3) is 0 Å². The Hall–Kier alpha value is -0.835. The molecule has 0 aliphatic heterocycles. The molecule has 0 aliphatic carbocycles. The van der Waals surface area contributed by atoms with E-state index in [4.69, 9.17) is 16.9 Å². The Balaban J connectivity index is 2.97. The Morgan fingerprint density at radius 1 is 1.33 bits per heavy atom. The van der Waals surface area contributed by atoms with Crippen molar-refractivity contribution in [3.05, 3.63) is 30.2 Å². The van der Waals surface area contributed by atoms with E-state index in [1.54, 1.807) is 0 Å². The molecule has 2 nitrogen and oxygen atoms in total. The first kappa shape index (κ1) is 3.92. The molecule has 2 N–H and O–H groups in total. The van der Waals surface area contributed by atoms with E-state index in [9.17, 15) is 0 Å². The predicted octanol–water partition coefficient (Wildman–Crippen LogP) is 0.581. The van der Waals surface area contributed by atoms with Crippen LogP contribution in [-0.4, -0.2) is 17.2 Å². The minimum absolute atomic E-state index is 0.0316. The molecule has 0 radical (unpaired) electrons. The maximum absolute atomic E-state index is 9.06. The third kappa shape index (κ3) is 1.24. The molecule has 4 heteroatoms. The van der Waals surface area contributed by atoms with Crippen LogP contribution in [0.3, 0.4) is 0 Å². The normalized spacial score (nSPS) is 16.3. The molecule has 0 amide bonds. The molecular formula is C8H7BO2S. The molecule has 0 aliphatic rings. The second kappa shape index (κ2) is 2.90. The number of rotatable bonds is 1. The zero-order valence-electron chi connectivity index (χ0n) is 10.9. The summed E-state index contributed by atoms with van der Waals surface area (Å²) in [6.07, 6.45) is 0. The van der Waals surface area contributed by atoms with E-state index in [1.807, 2.05) is 0 Å². The molecule has 0 saturated heterocycles. The standard InChI is InChI=1S/C8H7BO2S/c10-9(11)8-5-6-3-1-2-4-7(6)12-8/h1-5,10-11H/i1D,2D,3D,4D,5D. The molecule has 60 valence electrons. The largest absolute Gasteiger partial charge is 0.499 e. The van der Waals surface area contributed by atoms with Gasteiger partial charge in [0.1, 0.15) is 0 Å². The van der Waals surface area contributed by atoms with E-state index in [1.165, 1.54) is 0 Å². The lowest BCUT2D eigenvalue weighted by Crippen LogP contribution is -2.26. The van der Waals surface area contributed by atoms with Crippen LogP contribution in [0.2, 0.25) is 0 Å². The fourth-order valence-corrected chi connectivity index (χ4v) is 1.63. The van der Waals surface area contributed by atoms with Crippen molar-refractivity contribution in [2.75, 3.05) is 0 Å². The van der Waals surface area contributed by atoms with E-state index >= 15 is 0 Å². The fourth-order valence-electron chi connectivity index (χ4n) is 0.842. The van der Waals surface area contributed by atoms with E-state index < -0.39 is 13.2 Å². The molecule has 0 saturated carbocycles. The van der Waals surface area contributed by atoms with Gasteiger partial charge in [0.2, 0.25) is 0 Å². The Kier molecular flexibility index (Phi) is 0.946. The molecule has 2 aromatic rings. The SMILES string of the molecule is [2H]c1c([2H])c([2H])c2c([2H])c(B(O)O)sc2c1[2H]. The summed E-state index contributed by atoms with van der Waals surface area (Å²) in [5, 5.41) is 18.1. The van der Waals surface area contributed by atoms with Gasteiger partial charge in [0, 0.05) is 9.48 Å². The molecule has 0 spiro atoms. The lowest BCUT2D eigenvalue weighted by atomic mass is 9.89. The van der Waals surface area contributed by atoms with Crippen LogP contribution in [0.5, 0.6) is 0 Å². The predicted molar refractivity (Wildman–Crippen MR) is 51.7 cm³/mol. The first-order valence-electron chi connectivity index (χ1n) is 5.71. The van der Waals surface area contributed by atoms with Gasteiger partial charge in [0.05, 0.1) is 6.85 Å². The second-order valence-corrected chi connectivity index (χ2v) is 3.22. The van der Waals surface area contributed by atoms with Gasteiger partial charge in [-0.25, -0.2) is 0 Å². The average molecular weight is 183 g/mol. The molecule has 1 heterocycles. The number of hydrogen-bond acceptors (Lipinski definition) is 3. The van der Waals surface area contributed by atoms with Crippen LogP contribution in [0, 0.1) is 0 Å². The van der Waals surface area contributed by atoms with Crippen molar-refractivity contribution in [2.45, 2.75) is 0 Å². The highest BCUT2D eigenvalue weighted by Crippen LogP contribution is 2.17. The topological polar surface area (TPSA) is 40.5 Å². The third-order valence-electron chi connectivity index (χ3n) is 1.35. The van der Waals surface area contributed by atoms with Gasteiger partial charge >= 0.3 is 7.12 Å². The molecule has 0 unspecified atom stereocenters. The van der Waals surface area contributed by atoms with Gasteiger partial charge < -0.3 is 10.0 Å². The van der Waals surface area contributed by atoms with Crippen LogP contribution in [0.4, 0.5) is 0 Å². The minimum atomic E-state index is -1.85. The molecule has 0 bridgehead atoms. The maximum atomic E-state index is 9.06. The number of fused-ring (bicyclic) bond motifs is 1. The molecule has 0 atom stereocenters. The average Bonchev–Trinajstić information content (AvgIpc) is 2.62. The van der Waals surface area contributed by atoms with Gasteiger partial charge in [-0.3, -0.25) is 0 Å². The summed E-state index contributed by atoms with van der Waals surface area (Å²) < 4.78 is 38.1. The Labute approximate surface area is 81.3 Å². The van der Waals surface area contributed by atoms with Crippen molar-refractivity contribution in [3.63, 3.8) is 0 Å². The highest BCUT2D eigenvalue weighted by molar-refractivity contribution is 7.27. The number of benzene rings is 1. The number of hydrogen-bond donors (Lipinski definition) is 2. The summed E-state index contributed by atoms with van der Waals surface area (Å²) in [5.41, 5.74) is 0. The molecule has 1 aromatic carbocycles. The van der Waals surface area contributed by atoms with Crippen LogP contribution in [0.1, 0.15) is 6.85 Å². The van der Waals surface area contributed by atoms with Gasteiger partial charge in [0.15, 0.2) is 0 Å². The lowest BCUT2D eigenvalue weighted by molar-refractivity contribution is 0.427. The molecular weight excluding hydrogens is 171 g/mol. The fraction of sp³-hybridized carbons (Fsp3) is 0. The van der Waals surface area contributed by atoms with Crippen molar-refractivity contribution in [1.82, 2.24) is 0 Å². The molecule has 2 rings (SSSR count). The van der Waals surface area contributed by atoms with Gasteiger partial charge in [-0.2, -0.15) is 0 Å². The first-order chi connectivity index (χ1) is 7.86. The van der Waals surface area contributed by atoms with Crippen molar-refractivity contribution in [2.24, 2.45) is 0 Å². The monoisotopic (exact) mass is 183 g/mol. The zero-order chi connectivity index (χ0) is 12.9. The van der Waals surface area contributed by atoms with E-state index in [2.05, 4.69) is 0 Å². The van der Waals surface area contributed by atoms with Crippen LogP contribution in [0.15, 0.2) is 30.2 Å². The molecule has 0 fully saturated rings. The van der Waals surface area contributed by atoms with E-state index in [0.29, 0.717) is 0 Å². The van der Waals surface area contributed by atoms with Crippen LogP contribution in [0.25, 0.3) is 10.1 Å². The summed E-state index contributed by atoms with van der Waals surface area (Å²) in [5.74, 6) is 0. The summed E-state index contributed by atoms with van der Waals surface area (Å²) in [7, 11) is -1.85. The molecule has 1 aromatic heterocycles. The van der Waals surface area contributed by atoms with Gasteiger partial charge in [-0.1, -0.05) is 18.1 Å². The van der Waals surface area contributed by atoms with Crippen molar-refractivity contribution >= 4 is 33.3 Å². The number of thiophene rings is 1. The Morgan fingerprint density at radius 2 is 2.08 bits per heavy atom. The summed E-state index contributed by atoms with van der Waals surface area (Å²) in [4.78, 5) is 0. The van der Waals surface area contributed by atoms with Crippen LogP contribution >= 0.6 is 11.3 Å². The Bertz CT molecular complexity index is 612. The van der Waals surface area contributed by atoms with E-state index in [-0.39, 0.29) is 39.0 Å². The second-order valence-electron chi connectivity index (χ2n) is 2.17.